The van der Waals surface area contributed by atoms with Gasteiger partial charge in [0.1, 0.15) is 11.5 Å². The Balaban J connectivity index is 2.44. The number of benzene rings is 1. The first-order chi connectivity index (χ1) is 10.3. The molecule has 0 radical (unpaired) electrons. The van der Waals surface area contributed by atoms with Crippen LogP contribution in [-0.2, 0) is 0 Å². The Labute approximate surface area is 126 Å². The van der Waals surface area contributed by atoms with Crippen LogP contribution in [0.3, 0.4) is 0 Å². The van der Waals surface area contributed by atoms with Gasteiger partial charge in [-0.05, 0) is 48.9 Å². The monoisotopic (exact) mass is 286 g/mol. The zero-order valence-corrected chi connectivity index (χ0v) is 12.8. The zero-order valence-electron chi connectivity index (χ0n) is 12.8. The van der Waals surface area contributed by atoms with E-state index >= 15 is 0 Å². The molecule has 1 heterocycles. The SMILES string of the molecule is CCCNC(c1ccncc1)c1cc(OC)ccc1OC. The third kappa shape index (κ3) is 3.73. The number of aromatic nitrogens is 1. The van der Waals surface area contributed by atoms with Gasteiger partial charge >= 0.3 is 0 Å². The van der Waals surface area contributed by atoms with E-state index in [9.17, 15) is 0 Å². The maximum absolute atomic E-state index is 5.52. The van der Waals surface area contributed by atoms with Crippen LogP contribution in [0.2, 0.25) is 0 Å². The largest absolute Gasteiger partial charge is 0.497 e. The second-order valence-corrected chi connectivity index (χ2v) is 4.78. The topological polar surface area (TPSA) is 43.4 Å². The first-order valence-electron chi connectivity index (χ1n) is 7.15. The van der Waals surface area contributed by atoms with Crippen LogP contribution >= 0.6 is 0 Å². The minimum Gasteiger partial charge on any atom is -0.497 e. The van der Waals surface area contributed by atoms with Gasteiger partial charge in [0.25, 0.3) is 0 Å². The van der Waals surface area contributed by atoms with Crippen LogP contribution in [-0.4, -0.2) is 25.7 Å². The summed E-state index contributed by atoms with van der Waals surface area (Å²) in [5.41, 5.74) is 2.22. The van der Waals surface area contributed by atoms with E-state index in [4.69, 9.17) is 9.47 Å². The summed E-state index contributed by atoms with van der Waals surface area (Å²) in [6.45, 7) is 3.08. The number of hydrogen-bond donors (Lipinski definition) is 1. The van der Waals surface area contributed by atoms with Crippen molar-refractivity contribution in [1.29, 1.82) is 0 Å². The van der Waals surface area contributed by atoms with Crippen LogP contribution < -0.4 is 14.8 Å². The lowest BCUT2D eigenvalue weighted by molar-refractivity contribution is 0.393. The van der Waals surface area contributed by atoms with E-state index < -0.39 is 0 Å². The molecule has 112 valence electrons. The molecule has 0 saturated carbocycles. The summed E-state index contributed by atoms with van der Waals surface area (Å²) in [4.78, 5) is 4.09. The highest BCUT2D eigenvalue weighted by Crippen LogP contribution is 2.32. The summed E-state index contributed by atoms with van der Waals surface area (Å²) < 4.78 is 10.9. The molecule has 2 aromatic rings. The van der Waals surface area contributed by atoms with E-state index in [0.29, 0.717) is 0 Å². The van der Waals surface area contributed by atoms with Crippen molar-refractivity contribution in [2.24, 2.45) is 0 Å². The van der Waals surface area contributed by atoms with Crippen LogP contribution in [0.1, 0.15) is 30.5 Å². The normalized spacial score (nSPS) is 12.0. The molecule has 1 aromatic heterocycles. The van der Waals surface area contributed by atoms with Gasteiger partial charge in [-0.3, -0.25) is 4.98 Å². The van der Waals surface area contributed by atoms with Crippen molar-refractivity contribution >= 4 is 0 Å². The molecule has 0 aliphatic rings. The Kier molecular flexibility index (Phi) is 5.58. The third-order valence-corrected chi connectivity index (χ3v) is 3.39. The van der Waals surface area contributed by atoms with Crippen molar-refractivity contribution in [3.63, 3.8) is 0 Å². The average molecular weight is 286 g/mol. The lowest BCUT2D eigenvalue weighted by Gasteiger charge is -2.22. The first kappa shape index (κ1) is 15.3. The minimum atomic E-state index is 0.0537. The van der Waals surface area contributed by atoms with Crippen LogP contribution in [0.15, 0.2) is 42.7 Å². The molecule has 0 bridgehead atoms. The van der Waals surface area contributed by atoms with E-state index in [0.717, 1.165) is 35.6 Å². The standard InChI is InChI=1S/C17H22N2O2/c1-4-9-19-17(13-7-10-18-11-8-13)15-12-14(20-2)5-6-16(15)21-3/h5-8,10-12,17,19H,4,9H2,1-3H3. The van der Waals surface area contributed by atoms with Crippen molar-refractivity contribution in [3.05, 3.63) is 53.9 Å². The summed E-state index contributed by atoms with van der Waals surface area (Å²) in [5.74, 6) is 1.67. The minimum absolute atomic E-state index is 0.0537. The van der Waals surface area contributed by atoms with Gasteiger partial charge in [0.2, 0.25) is 0 Å². The first-order valence-corrected chi connectivity index (χ1v) is 7.15. The van der Waals surface area contributed by atoms with Gasteiger partial charge in [-0.2, -0.15) is 0 Å². The van der Waals surface area contributed by atoms with Crippen molar-refractivity contribution in [2.45, 2.75) is 19.4 Å². The number of hydrogen-bond acceptors (Lipinski definition) is 4. The maximum Gasteiger partial charge on any atom is 0.124 e. The highest BCUT2D eigenvalue weighted by atomic mass is 16.5. The molecular formula is C17H22N2O2. The predicted molar refractivity (Wildman–Crippen MR) is 83.9 cm³/mol. The average Bonchev–Trinajstić information content (AvgIpc) is 2.56. The zero-order chi connectivity index (χ0) is 15.1. The Morgan fingerprint density at radius 1 is 1.10 bits per heavy atom. The van der Waals surface area contributed by atoms with Gasteiger partial charge in [-0.15, -0.1) is 0 Å². The molecule has 0 spiro atoms. The van der Waals surface area contributed by atoms with Crippen LogP contribution in [0.4, 0.5) is 0 Å². The summed E-state index contributed by atoms with van der Waals surface area (Å²) in [6, 6.07) is 9.96. The summed E-state index contributed by atoms with van der Waals surface area (Å²) in [6.07, 6.45) is 4.68. The highest BCUT2D eigenvalue weighted by Gasteiger charge is 2.18. The fourth-order valence-electron chi connectivity index (χ4n) is 2.32. The van der Waals surface area contributed by atoms with Crippen molar-refractivity contribution in [3.8, 4) is 11.5 Å². The molecule has 0 aliphatic heterocycles. The van der Waals surface area contributed by atoms with Gasteiger partial charge < -0.3 is 14.8 Å². The van der Waals surface area contributed by atoms with Crippen LogP contribution in [0, 0.1) is 0 Å². The quantitative estimate of drug-likeness (QED) is 0.849. The van der Waals surface area contributed by atoms with E-state index in [1.165, 1.54) is 0 Å². The number of pyridine rings is 1. The number of ether oxygens (including phenoxy) is 2. The van der Waals surface area contributed by atoms with Gasteiger partial charge in [-0.1, -0.05) is 6.92 Å². The van der Waals surface area contributed by atoms with E-state index in [-0.39, 0.29) is 6.04 Å². The van der Waals surface area contributed by atoms with Gasteiger partial charge in [0.15, 0.2) is 0 Å². The van der Waals surface area contributed by atoms with Gasteiger partial charge in [0.05, 0.1) is 20.3 Å². The Morgan fingerprint density at radius 3 is 2.48 bits per heavy atom. The molecule has 0 aliphatic carbocycles. The molecule has 1 N–H and O–H groups in total. The van der Waals surface area contributed by atoms with Crippen molar-refractivity contribution < 1.29 is 9.47 Å². The third-order valence-electron chi connectivity index (χ3n) is 3.39. The van der Waals surface area contributed by atoms with Crippen LogP contribution in [0.5, 0.6) is 11.5 Å². The van der Waals surface area contributed by atoms with Crippen molar-refractivity contribution in [2.75, 3.05) is 20.8 Å². The van der Waals surface area contributed by atoms with Gasteiger partial charge in [0, 0.05) is 18.0 Å². The molecular weight excluding hydrogens is 264 g/mol. The molecule has 0 saturated heterocycles. The molecule has 1 aromatic carbocycles. The van der Waals surface area contributed by atoms with E-state index in [1.807, 2.05) is 42.7 Å². The van der Waals surface area contributed by atoms with Gasteiger partial charge in [-0.25, -0.2) is 0 Å². The molecule has 1 atom stereocenters. The van der Waals surface area contributed by atoms with Crippen LogP contribution in [0.25, 0.3) is 0 Å². The smallest absolute Gasteiger partial charge is 0.124 e. The fourth-order valence-corrected chi connectivity index (χ4v) is 2.32. The number of nitrogens with zero attached hydrogens (tertiary/aromatic N) is 1. The second-order valence-electron chi connectivity index (χ2n) is 4.78. The lowest BCUT2D eigenvalue weighted by atomic mass is 9.98. The number of methoxy groups -OCH3 is 2. The molecule has 4 heteroatoms. The predicted octanol–water partition coefficient (Wildman–Crippen LogP) is 3.19. The summed E-state index contributed by atoms with van der Waals surface area (Å²) in [5, 5.41) is 3.56. The Hall–Kier alpha value is -2.07. The Morgan fingerprint density at radius 2 is 1.86 bits per heavy atom. The molecule has 21 heavy (non-hydrogen) atoms. The maximum atomic E-state index is 5.52. The highest BCUT2D eigenvalue weighted by molar-refractivity contribution is 5.45. The number of rotatable bonds is 7. The molecule has 0 amide bonds. The molecule has 1 unspecified atom stereocenters. The number of nitrogens with one attached hydrogen (secondary N) is 1. The lowest BCUT2D eigenvalue weighted by Crippen LogP contribution is -2.23. The molecule has 2 rings (SSSR count). The fraction of sp³-hybridized carbons (Fsp3) is 0.353. The van der Waals surface area contributed by atoms with Crippen molar-refractivity contribution in [1.82, 2.24) is 10.3 Å². The second kappa shape index (κ2) is 7.64. The molecule has 0 fully saturated rings. The van der Waals surface area contributed by atoms with E-state index in [2.05, 4.69) is 17.2 Å². The Bertz CT molecular complexity index is 558. The van der Waals surface area contributed by atoms with E-state index in [1.54, 1.807) is 14.2 Å². The summed E-state index contributed by atoms with van der Waals surface area (Å²) >= 11 is 0. The molecule has 4 nitrogen and oxygen atoms in total. The summed E-state index contributed by atoms with van der Waals surface area (Å²) in [7, 11) is 3.36.